The highest BCUT2D eigenvalue weighted by Gasteiger charge is 2.36. The van der Waals surface area contributed by atoms with Gasteiger partial charge in [0.25, 0.3) is 0 Å². The lowest BCUT2D eigenvalue weighted by molar-refractivity contribution is -0.126. The Morgan fingerprint density at radius 3 is 2.22 bits per heavy atom. The maximum Gasteiger partial charge on any atom is 0.243 e. The first-order valence-electron chi connectivity index (χ1n) is 19.4. The van der Waals surface area contributed by atoms with Crippen LogP contribution in [0.15, 0.2) is 138 Å². The number of ether oxygens (including phenoxy) is 1. The molecule has 3 N–H and O–H groups in total. The molecule has 1 atom stereocenters. The Balaban J connectivity index is 1.20. The summed E-state index contributed by atoms with van der Waals surface area (Å²) in [5, 5.41) is 3.07. The first-order chi connectivity index (χ1) is 26.8. The Kier molecular flexibility index (Phi) is 11.9. The molecule has 7 rings (SSSR count). The minimum atomic E-state index is -3.92. The molecule has 1 fully saturated rings. The maximum atomic E-state index is 14.6. The fourth-order valence-corrected chi connectivity index (χ4v) is 9.36. The van der Waals surface area contributed by atoms with Crippen molar-refractivity contribution in [3.05, 3.63) is 144 Å². The van der Waals surface area contributed by atoms with Gasteiger partial charge >= 0.3 is 0 Å². The van der Waals surface area contributed by atoms with Gasteiger partial charge in [-0.2, -0.15) is 4.31 Å². The van der Waals surface area contributed by atoms with E-state index < -0.39 is 10.0 Å². The van der Waals surface area contributed by atoms with Gasteiger partial charge in [-0.25, -0.2) is 8.42 Å². The number of anilines is 3. The number of allylic oxidation sites excluding steroid dienone is 1. The molecule has 2 heterocycles. The highest BCUT2D eigenvalue weighted by atomic mass is 32.2. The molecule has 0 spiro atoms. The van der Waals surface area contributed by atoms with E-state index in [9.17, 15) is 13.2 Å². The number of rotatable bonds is 14. The summed E-state index contributed by atoms with van der Waals surface area (Å²) >= 11 is 0. The third-order valence-electron chi connectivity index (χ3n) is 10.9. The number of benzene rings is 4. The van der Waals surface area contributed by atoms with Crippen LogP contribution < -0.4 is 25.6 Å². The van der Waals surface area contributed by atoms with Gasteiger partial charge in [-0.1, -0.05) is 79.6 Å². The number of para-hydroxylation sites is 2. The van der Waals surface area contributed by atoms with Crippen LogP contribution in [0.5, 0.6) is 5.75 Å². The molecular formula is C45H51N5O4S. The molecule has 0 saturated carbocycles. The Labute approximate surface area is 325 Å². The molecule has 10 heteroatoms. The maximum absolute atomic E-state index is 14.6. The highest BCUT2D eigenvalue weighted by molar-refractivity contribution is 7.89. The summed E-state index contributed by atoms with van der Waals surface area (Å²) in [6.45, 7) is 1.89. The molecule has 1 unspecified atom stereocenters. The molecule has 4 aromatic carbocycles. The molecule has 1 amide bonds. The van der Waals surface area contributed by atoms with Crippen LogP contribution in [0.3, 0.4) is 0 Å². The van der Waals surface area contributed by atoms with Crippen molar-refractivity contribution < 1.29 is 17.9 Å². The topological polar surface area (TPSA) is 108 Å². The SMILES string of the molecule is CN(c1ccccc1)c1ccc2c(c1)OC1=CC(N(C)c3ccccc3)C=CC1=C2c1ccccc1S(=O)(=O)N1CCC(C(=O)NCCCCCCN)CC1. The van der Waals surface area contributed by atoms with Gasteiger partial charge in [-0.05, 0) is 80.8 Å². The van der Waals surface area contributed by atoms with Crippen molar-refractivity contribution in [2.45, 2.75) is 49.5 Å². The predicted molar refractivity (Wildman–Crippen MR) is 222 cm³/mol. The number of hydrogen-bond donors (Lipinski definition) is 2. The van der Waals surface area contributed by atoms with Gasteiger partial charge in [0.05, 0.1) is 10.9 Å². The molecule has 2 aliphatic heterocycles. The summed E-state index contributed by atoms with van der Waals surface area (Å²) in [6, 6.07) is 33.6. The number of unbranched alkanes of at least 4 members (excludes halogenated alkanes) is 3. The summed E-state index contributed by atoms with van der Waals surface area (Å²) in [6.07, 6.45) is 11.3. The quantitative estimate of drug-likeness (QED) is 0.127. The van der Waals surface area contributed by atoms with E-state index in [4.69, 9.17) is 10.5 Å². The van der Waals surface area contributed by atoms with Crippen LogP contribution in [0.1, 0.15) is 49.7 Å². The third-order valence-corrected chi connectivity index (χ3v) is 12.9. The third kappa shape index (κ3) is 8.27. The monoisotopic (exact) mass is 757 g/mol. The van der Waals surface area contributed by atoms with Gasteiger partial charge in [-0.15, -0.1) is 0 Å². The average Bonchev–Trinajstić information content (AvgIpc) is 3.23. The van der Waals surface area contributed by atoms with Crippen LogP contribution in [-0.4, -0.2) is 64.9 Å². The summed E-state index contributed by atoms with van der Waals surface area (Å²) in [5.74, 6) is 1.14. The summed E-state index contributed by atoms with van der Waals surface area (Å²) < 4.78 is 37.5. The number of piperidine rings is 1. The fourth-order valence-electron chi connectivity index (χ4n) is 7.69. The van der Waals surface area contributed by atoms with E-state index in [2.05, 4.69) is 70.7 Å². The molecule has 286 valence electrons. The summed E-state index contributed by atoms with van der Waals surface area (Å²) in [7, 11) is 0.156. The van der Waals surface area contributed by atoms with Gasteiger partial charge in [0.1, 0.15) is 11.5 Å². The van der Waals surface area contributed by atoms with Crippen molar-refractivity contribution in [2.24, 2.45) is 11.7 Å². The van der Waals surface area contributed by atoms with E-state index in [-0.39, 0.29) is 35.9 Å². The van der Waals surface area contributed by atoms with Crippen molar-refractivity contribution in [1.82, 2.24) is 9.62 Å². The predicted octanol–water partition coefficient (Wildman–Crippen LogP) is 7.64. The van der Waals surface area contributed by atoms with Crippen molar-refractivity contribution in [1.29, 1.82) is 0 Å². The van der Waals surface area contributed by atoms with Crippen molar-refractivity contribution >= 4 is 38.6 Å². The number of nitrogens with one attached hydrogen (secondary N) is 1. The van der Waals surface area contributed by atoms with Gasteiger partial charge in [0.15, 0.2) is 0 Å². The summed E-state index contributed by atoms with van der Waals surface area (Å²) in [4.78, 5) is 17.5. The number of likely N-dealkylation sites (N-methyl/N-ethyl adjacent to an activating group) is 1. The number of hydrogen-bond acceptors (Lipinski definition) is 7. The Bertz CT molecular complexity index is 2180. The van der Waals surface area contributed by atoms with Gasteiger partial charge in [0, 0.05) is 85.0 Å². The molecule has 4 aromatic rings. The first kappa shape index (κ1) is 38.1. The molecule has 3 aliphatic rings. The lowest BCUT2D eigenvalue weighted by Crippen LogP contribution is -2.43. The van der Waals surface area contributed by atoms with Crippen LogP contribution in [-0.2, 0) is 14.8 Å². The van der Waals surface area contributed by atoms with E-state index in [1.54, 1.807) is 16.4 Å². The van der Waals surface area contributed by atoms with Crippen LogP contribution in [0.4, 0.5) is 17.1 Å². The number of carbonyl (C=O) groups excluding carboxylic acids is 1. The van der Waals surface area contributed by atoms with Crippen LogP contribution in [0, 0.1) is 5.92 Å². The van der Waals surface area contributed by atoms with Crippen molar-refractivity contribution in [2.75, 3.05) is 50.1 Å². The number of amides is 1. The minimum absolute atomic E-state index is 0.0129. The van der Waals surface area contributed by atoms with Gasteiger partial charge in [0.2, 0.25) is 15.9 Å². The second kappa shape index (κ2) is 17.1. The van der Waals surface area contributed by atoms with Crippen molar-refractivity contribution in [3.63, 3.8) is 0 Å². The van der Waals surface area contributed by atoms with E-state index in [1.807, 2.05) is 67.7 Å². The number of nitrogens with zero attached hydrogens (tertiary/aromatic N) is 3. The van der Waals surface area contributed by atoms with E-state index in [1.165, 1.54) is 0 Å². The average molecular weight is 758 g/mol. The highest BCUT2D eigenvalue weighted by Crippen LogP contribution is 2.47. The smallest absolute Gasteiger partial charge is 0.243 e. The van der Waals surface area contributed by atoms with Crippen LogP contribution >= 0.6 is 0 Å². The Morgan fingerprint density at radius 1 is 0.818 bits per heavy atom. The Hall–Kier alpha value is -5.16. The fraction of sp³-hybridized carbons (Fsp3) is 0.311. The number of carbonyl (C=O) groups is 1. The summed E-state index contributed by atoms with van der Waals surface area (Å²) in [5.41, 5.74) is 11.7. The normalized spacial score (nSPS) is 17.1. The molecule has 0 aromatic heterocycles. The standard InChI is InChI=1S/C45H51N5O4S/c1-48(34-15-7-5-8-16-34)36-21-23-38-41(31-36)54-42-32-37(49(2)35-17-9-6-10-18-35)22-24-39(42)44(38)40-19-11-12-20-43(40)55(52,53)50-29-25-33(26-30-50)45(51)47-28-14-4-3-13-27-46/h5-12,15-24,31-33,36H,3-4,13-14,25-30,46H2,1-2H3,(H,47,51). The molecular weight excluding hydrogens is 707 g/mol. The number of nitrogens with two attached hydrogens (primary N) is 1. The van der Waals surface area contributed by atoms with E-state index in [0.717, 1.165) is 59.5 Å². The molecule has 1 saturated heterocycles. The molecule has 0 bridgehead atoms. The van der Waals surface area contributed by atoms with Crippen molar-refractivity contribution in [3.8, 4) is 5.75 Å². The van der Waals surface area contributed by atoms with E-state index >= 15 is 0 Å². The second-order valence-electron chi connectivity index (χ2n) is 14.5. The molecule has 9 nitrogen and oxygen atoms in total. The van der Waals surface area contributed by atoms with Crippen LogP contribution in [0.2, 0.25) is 0 Å². The minimum Gasteiger partial charge on any atom is -0.456 e. The lowest BCUT2D eigenvalue weighted by atomic mass is 9.86. The number of fused-ring (bicyclic) bond motifs is 2. The molecule has 0 radical (unpaired) electrons. The van der Waals surface area contributed by atoms with E-state index in [0.29, 0.717) is 43.0 Å². The first-order valence-corrected chi connectivity index (χ1v) is 20.8. The largest absolute Gasteiger partial charge is 0.456 e. The zero-order chi connectivity index (χ0) is 38.4. The molecule has 1 aliphatic carbocycles. The van der Waals surface area contributed by atoms with Gasteiger partial charge in [-0.3, -0.25) is 4.79 Å². The molecule has 55 heavy (non-hydrogen) atoms. The Morgan fingerprint density at radius 2 is 1.49 bits per heavy atom. The van der Waals surface area contributed by atoms with Gasteiger partial charge < -0.3 is 25.6 Å². The number of sulfonamides is 1. The second-order valence-corrected chi connectivity index (χ2v) is 16.4. The van der Waals surface area contributed by atoms with Crippen LogP contribution in [0.25, 0.3) is 5.57 Å². The zero-order valence-corrected chi connectivity index (χ0v) is 32.5. The zero-order valence-electron chi connectivity index (χ0n) is 31.7. The lowest BCUT2D eigenvalue weighted by Gasteiger charge is -2.34.